The van der Waals surface area contributed by atoms with Gasteiger partial charge in [0.2, 0.25) is 0 Å². The van der Waals surface area contributed by atoms with Gasteiger partial charge in [-0.15, -0.1) is 0 Å². The van der Waals surface area contributed by atoms with Gasteiger partial charge in [-0.1, -0.05) is 0 Å². The molecule has 2 rings (SSSR count). The molecule has 5 nitrogen and oxygen atoms in total. The summed E-state index contributed by atoms with van der Waals surface area (Å²) in [7, 11) is 0. The molecule has 6 heteroatoms. The summed E-state index contributed by atoms with van der Waals surface area (Å²) in [5, 5.41) is 14.9. The third kappa shape index (κ3) is 5.04. The second-order valence-electron chi connectivity index (χ2n) is 7.57. The summed E-state index contributed by atoms with van der Waals surface area (Å²) in [6.45, 7) is 10.4. The van der Waals surface area contributed by atoms with E-state index < -0.39 is 6.10 Å². The average molecular weight is 372 g/mol. The van der Waals surface area contributed by atoms with Crippen LogP contribution in [0.15, 0.2) is 41.2 Å². The molecular weight excluding hydrogens is 343 g/mol. The molecule has 1 aromatic carbocycles. The van der Waals surface area contributed by atoms with Crippen LogP contribution in [0.1, 0.15) is 51.8 Å². The summed E-state index contributed by atoms with van der Waals surface area (Å²) >= 11 is 0. The Morgan fingerprint density at radius 2 is 2.11 bits per heavy atom. The first-order valence-corrected chi connectivity index (χ1v) is 9.14. The number of nitrogens with zero attached hydrogens (tertiary/aromatic N) is 3. The molecule has 27 heavy (non-hydrogen) atoms. The van der Waals surface area contributed by atoms with Crippen LogP contribution in [0.4, 0.5) is 4.39 Å². The van der Waals surface area contributed by atoms with E-state index in [2.05, 4.69) is 25.8 Å². The average Bonchev–Trinajstić information content (AvgIpc) is 3.02. The third-order valence-corrected chi connectivity index (χ3v) is 4.24. The molecule has 1 atom stereocenters. The summed E-state index contributed by atoms with van der Waals surface area (Å²) in [6.07, 6.45) is 5.01. The Labute approximate surface area is 160 Å². The molecule has 3 N–H and O–H groups in total. The molecule has 1 aromatic heterocycles. The first-order valence-electron chi connectivity index (χ1n) is 9.14. The second kappa shape index (κ2) is 8.48. The zero-order valence-electron chi connectivity index (χ0n) is 16.7. The summed E-state index contributed by atoms with van der Waals surface area (Å²) in [5.41, 5.74) is 9.30. The molecule has 0 bridgehead atoms. The Morgan fingerprint density at radius 3 is 2.67 bits per heavy atom. The van der Waals surface area contributed by atoms with Crippen LogP contribution < -0.4 is 5.73 Å². The topological polar surface area (TPSA) is 76.4 Å². The number of hydrogen-bond acceptors (Lipinski definition) is 4. The van der Waals surface area contributed by atoms with Gasteiger partial charge >= 0.3 is 0 Å². The molecule has 0 saturated carbocycles. The molecule has 0 unspecified atom stereocenters. The smallest absolute Gasteiger partial charge is 0.123 e. The van der Waals surface area contributed by atoms with Crippen LogP contribution in [0, 0.1) is 5.82 Å². The van der Waals surface area contributed by atoms with E-state index in [9.17, 15) is 9.50 Å². The molecule has 0 aliphatic rings. The van der Waals surface area contributed by atoms with Gasteiger partial charge in [0.05, 0.1) is 17.3 Å². The van der Waals surface area contributed by atoms with Crippen molar-refractivity contribution in [2.24, 2.45) is 10.7 Å². The highest BCUT2D eigenvalue weighted by Crippen LogP contribution is 2.32. The predicted octanol–water partition coefficient (Wildman–Crippen LogP) is 3.97. The van der Waals surface area contributed by atoms with Crippen LogP contribution in [-0.2, 0) is 12.0 Å². The van der Waals surface area contributed by atoms with Crippen molar-refractivity contribution in [2.75, 3.05) is 6.54 Å². The minimum Gasteiger partial charge on any atom is -0.404 e. The van der Waals surface area contributed by atoms with Gasteiger partial charge in [0, 0.05) is 36.5 Å². The lowest BCUT2D eigenvalue weighted by molar-refractivity contribution is 0.199. The van der Waals surface area contributed by atoms with Crippen LogP contribution in [0.2, 0.25) is 0 Å². The summed E-state index contributed by atoms with van der Waals surface area (Å²) < 4.78 is 15.6. The molecule has 1 heterocycles. The monoisotopic (exact) mass is 372 g/mol. The molecule has 0 aliphatic carbocycles. The lowest BCUT2D eigenvalue weighted by atomic mass is 9.96. The number of aliphatic hydroxyl groups is 1. The Morgan fingerprint density at radius 1 is 1.41 bits per heavy atom. The van der Waals surface area contributed by atoms with Gasteiger partial charge < -0.3 is 10.8 Å². The number of nitrogens with two attached hydrogens (primary N) is 1. The number of aliphatic hydroxyl groups excluding tert-OH is 1. The van der Waals surface area contributed by atoms with E-state index in [1.54, 1.807) is 19.2 Å². The molecule has 0 fully saturated rings. The van der Waals surface area contributed by atoms with Crippen molar-refractivity contribution in [3.8, 4) is 11.3 Å². The Bertz CT molecular complexity index is 844. The first-order chi connectivity index (χ1) is 12.7. The van der Waals surface area contributed by atoms with Crippen LogP contribution >= 0.6 is 0 Å². The molecule has 0 spiro atoms. The molecule has 146 valence electrons. The van der Waals surface area contributed by atoms with Crippen molar-refractivity contribution in [2.45, 2.75) is 52.7 Å². The number of hydrogen-bond donors (Lipinski definition) is 2. The van der Waals surface area contributed by atoms with Crippen LogP contribution in [0.25, 0.3) is 11.3 Å². The predicted molar refractivity (Wildman–Crippen MR) is 108 cm³/mol. The fraction of sp³-hybridized carbons (Fsp3) is 0.429. The van der Waals surface area contributed by atoms with E-state index >= 15 is 0 Å². The molecular formula is C21H29FN4O. The van der Waals surface area contributed by atoms with Gasteiger partial charge in [0.25, 0.3) is 0 Å². The molecule has 2 aromatic rings. The van der Waals surface area contributed by atoms with Gasteiger partial charge in [0.1, 0.15) is 5.82 Å². The zero-order chi connectivity index (χ0) is 20.2. The number of halogens is 1. The fourth-order valence-corrected chi connectivity index (χ4v) is 2.78. The van der Waals surface area contributed by atoms with E-state index in [1.165, 1.54) is 18.3 Å². The molecule has 0 aliphatic heterocycles. The van der Waals surface area contributed by atoms with E-state index in [0.29, 0.717) is 29.8 Å². The standard InChI is InChI=1S/C21H29FN4O/c1-6-24-12-15(11-23)9-16-13-26(21(3,4)5)25-20(16)18-8-7-17(22)10-19(18)14(2)27/h7-8,10-14,27H,6,9,23H2,1-5H3/t14-/m1/s1. The highest BCUT2D eigenvalue weighted by atomic mass is 19.1. The fourth-order valence-electron chi connectivity index (χ4n) is 2.78. The van der Waals surface area contributed by atoms with Crippen molar-refractivity contribution in [1.82, 2.24) is 9.78 Å². The van der Waals surface area contributed by atoms with Gasteiger partial charge in [-0.3, -0.25) is 9.67 Å². The minimum absolute atomic E-state index is 0.220. The molecule has 0 saturated heterocycles. The number of benzene rings is 1. The first kappa shape index (κ1) is 20.8. The normalized spacial score (nSPS) is 14.1. The van der Waals surface area contributed by atoms with Crippen molar-refractivity contribution >= 4 is 6.21 Å². The molecule has 0 amide bonds. The van der Waals surface area contributed by atoms with Crippen molar-refractivity contribution in [1.29, 1.82) is 0 Å². The van der Waals surface area contributed by atoms with Crippen molar-refractivity contribution in [3.05, 3.63) is 53.1 Å². The Balaban J connectivity index is 2.62. The maximum Gasteiger partial charge on any atom is 0.123 e. The van der Waals surface area contributed by atoms with Gasteiger partial charge in [0.15, 0.2) is 0 Å². The highest BCUT2D eigenvalue weighted by Gasteiger charge is 2.22. The lowest BCUT2D eigenvalue weighted by Gasteiger charge is -2.19. The largest absolute Gasteiger partial charge is 0.404 e. The summed E-state index contributed by atoms with van der Waals surface area (Å²) in [5.74, 6) is -0.385. The number of aliphatic imine (C=N–C) groups is 1. The lowest BCUT2D eigenvalue weighted by Crippen LogP contribution is -2.22. The maximum atomic E-state index is 13.7. The minimum atomic E-state index is -0.811. The quantitative estimate of drug-likeness (QED) is 0.753. The maximum absolute atomic E-state index is 13.7. The number of aromatic nitrogens is 2. The summed E-state index contributed by atoms with van der Waals surface area (Å²) in [6, 6.07) is 4.42. The van der Waals surface area contributed by atoms with Crippen LogP contribution in [0.5, 0.6) is 0 Å². The summed E-state index contributed by atoms with van der Waals surface area (Å²) in [4.78, 5) is 4.26. The van der Waals surface area contributed by atoms with E-state index in [4.69, 9.17) is 10.8 Å². The molecule has 0 radical (unpaired) electrons. The van der Waals surface area contributed by atoms with Gasteiger partial charge in [-0.2, -0.15) is 5.10 Å². The van der Waals surface area contributed by atoms with Gasteiger partial charge in [-0.05, 0) is 70.2 Å². The highest BCUT2D eigenvalue weighted by molar-refractivity contribution is 5.80. The van der Waals surface area contributed by atoms with E-state index in [1.807, 2.05) is 17.8 Å². The van der Waals surface area contributed by atoms with Crippen molar-refractivity contribution in [3.63, 3.8) is 0 Å². The number of allylic oxidation sites excluding steroid dienone is 1. The Hall–Kier alpha value is -2.47. The number of rotatable bonds is 6. The van der Waals surface area contributed by atoms with Crippen molar-refractivity contribution < 1.29 is 9.50 Å². The van der Waals surface area contributed by atoms with Crippen LogP contribution in [0.3, 0.4) is 0 Å². The third-order valence-electron chi connectivity index (χ3n) is 4.24. The zero-order valence-corrected chi connectivity index (χ0v) is 16.7. The second-order valence-corrected chi connectivity index (χ2v) is 7.57. The SMILES string of the molecule is CCN=CC(=CN)Cc1cn(C(C)(C)C)nc1-c1ccc(F)cc1[C@@H](C)O. The van der Waals surface area contributed by atoms with Gasteiger partial charge in [-0.25, -0.2) is 4.39 Å². The van der Waals surface area contributed by atoms with E-state index in [0.717, 1.165) is 11.1 Å². The van der Waals surface area contributed by atoms with E-state index in [-0.39, 0.29) is 11.4 Å². The van der Waals surface area contributed by atoms with Crippen LogP contribution in [-0.4, -0.2) is 27.6 Å². The Kier molecular flexibility index (Phi) is 6.54.